The van der Waals surface area contributed by atoms with Crippen molar-refractivity contribution in [2.24, 2.45) is 11.3 Å². The van der Waals surface area contributed by atoms with Crippen LogP contribution in [0.2, 0.25) is 0 Å². The fourth-order valence-electron chi connectivity index (χ4n) is 5.07. The maximum Gasteiger partial charge on any atom is 0.123 e. The summed E-state index contributed by atoms with van der Waals surface area (Å²) in [5.41, 5.74) is 4.56. The lowest BCUT2D eigenvalue weighted by molar-refractivity contribution is 0.0570. The van der Waals surface area contributed by atoms with Gasteiger partial charge in [0, 0.05) is 0 Å². The molecule has 1 aliphatic heterocycles. The molecular weight excluding hydrogens is 344 g/mol. The molecule has 0 spiro atoms. The first-order chi connectivity index (χ1) is 13.2. The number of hydrogen-bond donors (Lipinski definition) is 1. The molecule has 1 aliphatic carbocycles. The predicted molar refractivity (Wildman–Crippen MR) is 118 cm³/mol. The van der Waals surface area contributed by atoms with E-state index in [1.54, 1.807) is 11.6 Å². The molecule has 0 fully saturated rings. The number of phenolic OH excluding ortho intramolecular Hbond substituents is 1. The topological polar surface area (TPSA) is 29.5 Å². The third-order valence-corrected chi connectivity index (χ3v) is 7.06. The summed E-state index contributed by atoms with van der Waals surface area (Å²) >= 11 is 0. The van der Waals surface area contributed by atoms with Gasteiger partial charge < -0.3 is 9.84 Å². The number of ether oxygens (including phenoxy) is 1. The van der Waals surface area contributed by atoms with E-state index in [1.165, 1.54) is 31.3 Å². The highest BCUT2D eigenvalue weighted by Crippen LogP contribution is 2.43. The van der Waals surface area contributed by atoms with Gasteiger partial charge in [-0.25, -0.2) is 0 Å². The van der Waals surface area contributed by atoms with Gasteiger partial charge in [-0.2, -0.15) is 0 Å². The van der Waals surface area contributed by atoms with Gasteiger partial charge >= 0.3 is 0 Å². The van der Waals surface area contributed by atoms with Gasteiger partial charge in [0.05, 0.1) is 0 Å². The minimum Gasteiger partial charge on any atom is -0.508 e. The molecular formula is C26H38O2. The third-order valence-electron chi connectivity index (χ3n) is 7.06. The maximum absolute atomic E-state index is 9.65. The summed E-state index contributed by atoms with van der Waals surface area (Å²) < 4.78 is 6.30. The van der Waals surface area contributed by atoms with Crippen molar-refractivity contribution in [3.8, 4) is 11.5 Å². The van der Waals surface area contributed by atoms with Crippen molar-refractivity contribution in [1.29, 1.82) is 0 Å². The summed E-state index contributed by atoms with van der Waals surface area (Å²) in [5.74, 6) is 1.99. The van der Waals surface area contributed by atoms with E-state index in [-0.39, 0.29) is 5.60 Å². The van der Waals surface area contributed by atoms with Crippen molar-refractivity contribution in [2.75, 3.05) is 0 Å². The molecule has 0 radical (unpaired) electrons. The molecule has 28 heavy (non-hydrogen) atoms. The van der Waals surface area contributed by atoms with Gasteiger partial charge in [0.2, 0.25) is 0 Å². The van der Waals surface area contributed by atoms with Crippen LogP contribution >= 0.6 is 0 Å². The summed E-state index contributed by atoms with van der Waals surface area (Å²) in [7, 11) is 0. The molecule has 2 nitrogen and oxygen atoms in total. The molecule has 2 heteroatoms. The summed E-state index contributed by atoms with van der Waals surface area (Å²) in [5, 5.41) is 9.65. The molecule has 1 heterocycles. The number of aryl methyl sites for hydroxylation is 1. The van der Waals surface area contributed by atoms with Crippen molar-refractivity contribution >= 4 is 0 Å². The summed E-state index contributed by atoms with van der Waals surface area (Å²) in [4.78, 5) is 0. The van der Waals surface area contributed by atoms with Crippen molar-refractivity contribution in [1.82, 2.24) is 0 Å². The van der Waals surface area contributed by atoms with Crippen molar-refractivity contribution in [3.63, 3.8) is 0 Å². The molecule has 0 aromatic heterocycles. The summed E-state index contributed by atoms with van der Waals surface area (Å²) in [6.07, 6.45) is 14.0. The number of fused-ring (bicyclic) bond motifs is 1. The summed E-state index contributed by atoms with van der Waals surface area (Å²) in [6, 6.07) is 5.46. The number of phenols is 1. The van der Waals surface area contributed by atoms with E-state index >= 15 is 0 Å². The first-order valence-corrected chi connectivity index (χ1v) is 11.0. The van der Waals surface area contributed by atoms with E-state index in [9.17, 15) is 5.11 Å². The largest absolute Gasteiger partial charge is 0.508 e. The second kappa shape index (κ2) is 8.35. The monoisotopic (exact) mass is 382 g/mol. The Morgan fingerprint density at radius 2 is 2.04 bits per heavy atom. The maximum atomic E-state index is 9.65. The molecule has 2 aliphatic rings. The van der Waals surface area contributed by atoms with Crippen LogP contribution in [0, 0.1) is 11.3 Å². The highest BCUT2D eigenvalue weighted by Gasteiger charge is 2.33. The van der Waals surface area contributed by atoms with Crippen LogP contribution < -0.4 is 4.74 Å². The minimum atomic E-state index is -0.106. The Kier molecular flexibility index (Phi) is 6.27. The van der Waals surface area contributed by atoms with Crippen LogP contribution in [0.1, 0.15) is 85.1 Å². The molecule has 1 aromatic carbocycles. The third kappa shape index (κ3) is 5.01. The molecule has 3 rings (SSSR count). The first-order valence-electron chi connectivity index (χ1n) is 11.0. The molecule has 0 saturated heterocycles. The van der Waals surface area contributed by atoms with Crippen LogP contribution in [0.3, 0.4) is 0 Å². The fourth-order valence-corrected chi connectivity index (χ4v) is 5.07. The highest BCUT2D eigenvalue weighted by atomic mass is 16.5. The Morgan fingerprint density at radius 3 is 2.79 bits per heavy atom. The minimum absolute atomic E-state index is 0.106. The fraction of sp³-hybridized carbons (Fsp3) is 0.615. The van der Waals surface area contributed by atoms with Gasteiger partial charge in [-0.3, -0.25) is 0 Å². The van der Waals surface area contributed by atoms with Crippen molar-refractivity contribution in [2.45, 2.75) is 91.6 Å². The van der Waals surface area contributed by atoms with Gasteiger partial charge in [0.1, 0.15) is 17.1 Å². The smallest absolute Gasteiger partial charge is 0.123 e. The van der Waals surface area contributed by atoms with Crippen LogP contribution in [-0.2, 0) is 6.42 Å². The SMILES string of the molecule is CC1=CCCC(C)(C)C1CC/C(C)=C/CC[C@@]1(C)CCc2cc(O)ccc2O1. The Balaban J connectivity index is 1.51. The zero-order valence-corrected chi connectivity index (χ0v) is 18.5. The summed E-state index contributed by atoms with van der Waals surface area (Å²) in [6.45, 7) is 11.7. The first kappa shape index (κ1) is 21.0. The second-order valence-electron chi connectivity index (χ2n) is 10.00. The van der Waals surface area contributed by atoms with E-state index in [0.29, 0.717) is 11.2 Å². The Bertz CT molecular complexity index is 756. The molecule has 0 bridgehead atoms. The lowest BCUT2D eigenvalue weighted by Crippen LogP contribution is -2.36. The number of allylic oxidation sites excluding steroid dienone is 4. The number of rotatable bonds is 6. The van der Waals surface area contributed by atoms with Crippen LogP contribution in [0.5, 0.6) is 11.5 Å². The Labute approximate surface area is 171 Å². The highest BCUT2D eigenvalue weighted by molar-refractivity contribution is 5.41. The van der Waals surface area contributed by atoms with E-state index in [4.69, 9.17) is 4.74 Å². The second-order valence-corrected chi connectivity index (χ2v) is 10.00. The molecule has 1 aromatic rings. The molecule has 0 saturated carbocycles. The van der Waals surface area contributed by atoms with Crippen LogP contribution in [0.15, 0.2) is 41.5 Å². The van der Waals surface area contributed by atoms with Gasteiger partial charge in [-0.15, -0.1) is 0 Å². The average Bonchev–Trinajstić information content (AvgIpc) is 2.61. The lowest BCUT2D eigenvalue weighted by atomic mass is 9.67. The normalized spacial score (nSPS) is 27.0. The van der Waals surface area contributed by atoms with Crippen LogP contribution in [-0.4, -0.2) is 10.7 Å². The van der Waals surface area contributed by atoms with Gasteiger partial charge in [0.25, 0.3) is 0 Å². The molecule has 1 N–H and O–H groups in total. The Morgan fingerprint density at radius 1 is 1.25 bits per heavy atom. The molecule has 0 amide bonds. The standard InChI is InChI=1S/C26H38O2/c1-19(10-12-23-20(2)9-7-15-25(23,3)4)8-6-16-26(5)17-14-21-18-22(27)11-13-24(21)28-26/h8-9,11,13,18,23,27H,6-7,10,12,14-17H2,1-5H3/b19-8+/t23?,26-/m0/s1. The zero-order chi connectivity index (χ0) is 20.4. The molecule has 2 atom stereocenters. The quantitative estimate of drug-likeness (QED) is 0.521. The van der Waals surface area contributed by atoms with Crippen LogP contribution in [0.4, 0.5) is 0 Å². The van der Waals surface area contributed by atoms with Gasteiger partial charge in [0.15, 0.2) is 0 Å². The lowest BCUT2D eigenvalue weighted by Gasteiger charge is -2.38. The Hall–Kier alpha value is -1.70. The molecule has 1 unspecified atom stereocenters. The number of hydrogen-bond acceptors (Lipinski definition) is 2. The predicted octanol–water partition coefficient (Wildman–Crippen LogP) is 7.37. The van der Waals surface area contributed by atoms with Crippen LogP contribution in [0.25, 0.3) is 0 Å². The van der Waals surface area contributed by atoms with E-state index in [0.717, 1.165) is 42.9 Å². The molecule has 154 valence electrons. The number of aromatic hydroxyl groups is 1. The zero-order valence-electron chi connectivity index (χ0n) is 18.5. The van der Waals surface area contributed by atoms with Crippen molar-refractivity contribution in [3.05, 3.63) is 47.1 Å². The van der Waals surface area contributed by atoms with E-state index in [2.05, 4.69) is 46.8 Å². The average molecular weight is 383 g/mol. The van der Waals surface area contributed by atoms with E-state index in [1.807, 2.05) is 12.1 Å². The van der Waals surface area contributed by atoms with Crippen molar-refractivity contribution < 1.29 is 9.84 Å². The van der Waals surface area contributed by atoms with Gasteiger partial charge in [-0.05, 0) is 107 Å². The van der Waals surface area contributed by atoms with E-state index < -0.39 is 0 Å². The number of benzene rings is 1. The van der Waals surface area contributed by atoms with Gasteiger partial charge in [-0.1, -0.05) is 37.1 Å².